The van der Waals surface area contributed by atoms with E-state index in [0.29, 0.717) is 6.42 Å². The summed E-state index contributed by atoms with van der Waals surface area (Å²) in [6.45, 7) is 2.03. The van der Waals surface area contributed by atoms with E-state index < -0.39 is 11.8 Å². The van der Waals surface area contributed by atoms with E-state index in [0.717, 1.165) is 31.4 Å². The van der Waals surface area contributed by atoms with Gasteiger partial charge in [-0.15, -0.1) is 0 Å². The van der Waals surface area contributed by atoms with Crippen molar-refractivity contribution in [2.75, 3.05) is 5.32 Å². The predicted octanol–water partition coefficient (Wildman–Crippen LogP) is 3.04. The van der Waals surface area contributed by atoms with E-state index in [9.17, 15) is 14.0 Å². The first-order valence-corrected chi connectivity index (χ1v) is 5.87. The molecule has 98 valence electrons. The Balaban J connectivity index is 2.72. The molecular weight excluding hydrogens is 237 g/mol. The molecule has 1 amide bonds. The molecule has 0 bridgehead atoms. The van der Waals surface area contributed by atoms with Crippen LogP contribution in [0, 0.1) is 5.82 Å². The lowest BCUT2D eigenvalue weighted by Gasteiger charge is -2.08. The maximum Gasteiger partial charge on any atom is 0.337 e. The summed E-state index contributed by atoms with van der Waals surface area (Å²) in [7, 11) is 0. The average molecular weight is 253 g/mol. The van der Waals surface area contributed by atoms with E-state index in [4.69, 9.17) is 5.11 Å². The molecule has 0 atom stereocenters. The number of benzene rings is 1. The van der Waals surface area contributed by atoms with Crippen molar-refractivity contribution in [2.24, 2.45) is 0 Å². The van der Waals surface area contributed by atoms with Crippen LogP contribution in [-0.2, 0) is 4.79 Å². The highest BCUT2D eigenvalue weighted by Crippen LogP contribution is 2.17. The number of nitrogens with one attached hydrogen (secondary N) is 1. The van der Waals surface area contributed by atoms with Crippen LogP contribution in [0.4, 0.5) is 10.1 Å². The molecule has 5 heteroatoms. The maximum absolute atomic E-state index is 12.9. The summed E-state index contributed by atoms with van der Waals surface area (Å²) in [5, 5.41) is 11.4. The lowest BCUT2D eigenvalue weighted by atomic mass is 10.1. The number of hydrogen-bond acceptors (Lipinski definition) is 2. The number of amides is 1. The quantitative estimate of drug-likeness (QED) is 0.766. The van der Waals surface area contributed by atoms with Gasteiger partial charge in [0.05, 0.1) is 11.3 Å². The van der Waals surface area contributed by atoms with Crippen LogP contribution < -0.4 is 5.32 Å². The molecule has 18 heavy (non-hydrogen) atoms. The summed E-state index contributed by atoms with van der Waals surface area (Å²) in [4.78, 5) is 22.4. The van der Waals surface area contributed by atoms with Gasteiger partial charge in [-0.3, -0.25) is 4.79 Å². The molecule has 0 aromatic heterocycles. The van der Waals surface area contributed by atoms with Crippen LogP contribution >= 0.6 is 0 Å². The molecule has 2 N–H and O–H groups in total. The summed E-state index contributed by atoms with van der Waals surface area (Å²) < 4.78 is 12.9. The van der Waals surface area contributed by atoms with Crippen molar-refractivity contribution in [1.29, 1.82) is 0 Å². The molecule has 1 aromatic rings. The van der Waals surface area contributed by atoms with Crippen LogP contribution in [0.25, 0.3) is 0 Å². The van der Waals surface area contributed by atoms with Crippen molar-refractivity contribution in [2.45, 2.75) is 32.6 Å². The molecule has 0 fully saturated rings. The van der Waals surface area contributed by atoms with E-state index >= 15 is 0 Å². The van der Waals surface area contributed by atoms with Gasteiger partial charge in [0.25, 0.3) is 0 Å². The molecule has 0 saturated carbocycles. The Bertz CT molecular complexity index is 446. The van der Waals surface area contributed by atoms with E-state index in [-0.39, 0.29) is 17.2 Å². The Labute approximate surface area is 105 Å². The van der Waals surface area contributed by atoms with Crippen molar-refractivity contribution in [3.8, 4) is 0 Å². The number of hydrogen-bond donors (Lipinski definition) is 2. The van der Waals surface area contributed by atoms with Crippen LogP contribution in [-0.4, -0.2) is 17.0 Å². The zero-order valence-corrected chi connectivity index (χ0v) is 10.2. The van der Waals surface area contributed by atoms with Gasteiger partial charge < -0.3 is 10.4 Å². The second-order valence-corrected chi connectivity index (χ2v) is 4.00. The molecule has 0 spiro atoms. The monoisotopic (exact) mass is 253 g/mol. The number of carboxylic acids is 1. The number of anilines is 1. The van der Waals surface area contributed by atoms with E-state index in [1.54, 1.807) is 0 Å². The zero-order chi connectivity index (χ0) is 13.5. The number of halogens is 1. The fourth-order valence-electron chi connectivity index (χ4n) is 1.55. The average Bonchev–Trinajstić information content (AvgIpc) is 2.31. The van der Waals surface area contributed by atoms with Gasteiger partial charge in [-0.2, -0.15) is 0 Å². The molecule has 0 aliphatic heterocycles. The molecule has 1 rings (SSSR count). The molecule has 0 aliphatic rings. The SMILES string of the molecule is CCCCCC(=O)Nc1ccc(F)cc1C(=O)O. The summed E-state index contributed by atoms with van der Waals surface area (Å²) in [6.07, 6.45) is 3.04. The Morgan fingerprint density at radius 1 is 1.33 bits per heavy atom. The molecule has 0 heterocycles. The van der Waals surface area contributed by atoms with Gasteiger partial charge >= 0.3 is 5.97 Å². The molecule has 4 nitrogen and oxygen atoms in total. The van der Waals surface area contributed by atoms with Gasteiger partial charge in [0.1, 0.15) is 5.82 Å². The summed E-state index contributed by atoms with van der Waals surface area (Å²) in [6, 6.07) is 3.27. The highest BCUT2D eigenvalue weighted by atomic mass is 19.1. The van der Waals surface area contributed by atoms with Crippen LogP contribution in [0.2, 0.25) is 0 Å². The van der Waals surface area contributed by atoms with Crippen molar-refractivity contribution in [3.63, 3.8) is 0 Å². The number of carboxylic acid groups (broad SMARTS) is 1. The topological polar surface area (TPSA) is 66.4 Å². The Kier molecular flexibility index (Phi) is 5.30. The number of carbonyl (C=O) groups excluding carboxylic acids is 1. The smallest absolute Gasteiger partial charge is 0.337 e. The summed E-state index contributed by atoms with van der Waals surface area (Å²) in [5.41, 5.74) is -0.107. The van der Waals surface area contributed by atoms with Gasteiger partial charge in [0.15, 0.2) is 0 Å². The molecular formula is C13H16FNO3. The van der Waals surface area contributed by atoms with Crippen LogP contribution in [0.3, 0.4) is 0 Å². The van der Waals surface area contributed by atoms with Gasteiger partial charge in [-0.25, -0.2) is 9.18 Å². The van der Waals surface area contributed by atoms with Crippen molar-refractivity contribution in [1.82, 2.24) is 0 Å². The Morgan fingerprint density at radius 2 is 2.06 bits per heavy atom. The van der Waals surface area contributed by atoms with Gasteiger partial charge in [-0.05, 0) is 24.6 Å². The largest absolute Gasteiger partial charge is 0.478 e. The lowest BCUT2D eigenvalue weighted by molar-refractivity contribution is -0.116. The fraction of sp³-hybridized carbons (Fsp3) is 0.385. The van der Waals surface area contributed by atoms with Crippen molar-refractivity contribution >= 4 is 17.6 Å². The number of aromatic carboxylic acids is 1. The highest BCUT2D eigenvalue weighted by molar-refractivity contribution is 6.00. The highest BCUT2D eigenvalue weighted by Gasteiger charge is 2.13. The number of carbonyl (C=O) groups is 2. The molecule has 0 aliphatic carbocycles. The first-order valence-electron chi connectivity index (χ1n) is 5.87. The van der Waals surface area contributed by atoms with Crippen LogP contribution in [0.1, 0.15) is 43.0 Å². The minimum absolute atomic E-state index is 0.130. The minimum Gasteiger partial charge on any atom is -0.478 e. The maximum atomic E-state index is 12.9. The zero-order valence-electron chi connectivity index (χ0n) is 10.2. The van der Waals surface area contributed by atoms with Gasteiger partial charge in [-0.1, -0.05) is 19.8 Å². The molecule has 1 aromatic carbocycles. The third-order valence-corrected chi connectivity index (χ3v) is 2.49. The molecule has 0 radical (unpaired) electrons. The third-order valence-electron chi connectivity index (χ3n) is 2.49. The van der Waals surface area contributed by atoms with Gasteiger partial charge in [0, 0.05) is 6.42 Å². The van der Waals surface area contributed by atoms with E-state index in [1.165, 1.54) is 6.07 Å². The van der Waals surface area contributed by atoms with Gasteiger partial charge in [0.2, 0.25) is 5.91 Å². The second kappa shape index (κ2) is 6.74. The first-order chi connectivity index (χ1) is 8.54. The molecule has 0 unspecified atom stereocenters. The van der Waals surface area contributed by atoms with Crippen molar-refractivity contribution < 1.29 is 19.1 Å². The van der Waals surface area contributed by atoms with Crippen LogP contribution in [0.5, 0.6) is 0 Å². The second-order valence-electron chi connectivity index (χ2n) is 4.00. The van der Waals surface area contributed by atoms with E-state index in [1.807, 2.05) is 6.92 Å². The Hall–Kier alpha value is -1.91. The lowest BCUT2D eigenvalue weighted by Crippen LogP contribution is -2.14. The normalized spacial score (nSPS) is 10.1. The number of rotatable bonds is 6. The summed E-state index contributed by atoms with van der Waals surface area (Å²) >= 11 is 0. The van der Waals surface area contributed by atoms with Crippen LogP contribution in [0.15, 0.2) is 18.2 Å². The van der Waals surface area contributed by atoms with Crippen molar-refractivity contribution in [3.05, 3.63) is 29.6 Å². The summed E-state index contributed by atoms with van der Waals surface area (Å²) in [5.74, 6) is -2.16. The van der Waals surface area contributed by atoms with E-state index in [2.05, 4.69) is 5.32 Å². The standard InChI is InChI=1S/C13H16FNO3/c1-2-3-4-5-12(16)15-11-7-6-9(14)8-10(11)13(17)18/h6-8H,2-5H2,1H3,(H,15,16)(H,17,18). The Morgan fingerprint density at radius 3 is 2.67 bits per heavy atom. The molecule has 0 saturated heterocycles. The fourth-order valence-corrected chi connectivity index (χ4v) is 1.55. The third kappa shape index (κ3) is 4.16. The minimum atomic E-state index is -1.27. The first kappa shape index (κ1) is 14.2. The number of unbranched alkanes of at least 4 members (excludes halogenated alkanes) is 2. The predicted molar refractivity (Wildman–Crippen MR) is 66.1 cm³/mol.